The predicted molar refractivity (Wildman–Crippen MR) is 146 cm³/mol. The first-order chi connectivity index (χ1) is 18.1. The molecule has 2 saturated heterocycles. The third kappa shape index (κ3) is 6.92. The van der Waals surface area contributed by atoms with Gasteiger partial charge >= 0.3 is 0 Å². The van der Waals surface area contributed by atoms with E-state index in [1.807, 2.05) is 12.1 Å². The lowest BCUT2D eigenvalue weighted by Crippen LogP contribution is -2.43. The van der Waals surface area contributed by atoms with E-state index in [1.165, 1.54) is 18.4 Å². The fraction of sp³-hybridized carbons (Fsp3) is 0.593. The van der Waals surface area contributed by atoms with Gasteiger partial charge in [-0.2, -0.15) is 10.2 Å². The summed E-state index contributed by atoms with van der Waals surface area (Å²) in [6.45, 7) is 6.87. The quantitative estimate of drug-likeness (QED) is 0.506. The molecule has 1 aliphatic carbocycles. The van der Waals surface area contributed by atoms with Crippen LogP contribution in [0.3, 0.4) is 0 Å². The van der Waals surface area contributed by atoms with Crippen molar-refractivity contribution < 1.29 is 4.55 Å². The lowest BCUT2D eigenvalue weighted by atomic mass is 10.1. The Morgan fingerprint density at radius 3 is 2.32 bits per heavy atom. The molecular formula is C27H38N8OS. The van der Waals surface area contributed by atoms with Crippen LogP contribution in [0.1, 0.15) is 49.7 Å². The largest absolute Gasteiger partial charge is 0.593 e. The van der Waals surface area contributed by atoms with Crippen LogP contribution in [0.5, 0.6) is 0 Å². The Morgan fingerprint density at radius 1 is 0.973 bits per heavy atom. The number of nitrogens with zero attached hydrogens (tertiary/aromatic N) is 6. The molecule has 37 heavy (non-hydrogen) atoms. The highest BCUT2D eigenvalue weighted by atomic mass is 32.2. The first kappa shape index (κ1) is 26.2. The van der Waals surface area contributed by atoms with Crippen molar-refractivity contribution in [2.24, 2.45) is 0 Å². The first-order valence-electron chi connectivity index (χ1n) is 13.5. The maximum atomic E-state index is 13.2. The summed E-state index contributed by atoms with van der Waals surface area (Å²) in [6, 6.07) is 11.1. The van der Waals surface area contributed by atoms with Crippen molar-refractivity contribution in [3.05, 3.63) is 41.6 Å². The van der Waals surface area contributed by atoms with Crippen LogP contribution in [-0.4, -0.2) is 87.0 Å². The van der Waals surface area contributed by atoms with Crippen LogP contribution in [0.4, 0.5) is 11.8 Å². The molecule has 0 amide bonds. The second kappa shape index (κ2) is 12.4. The van der Waals surface area contributed by atoms with Crippen LogP contribution < -0.4 is 10.6 Å². The molecule has 5 rings (SSSR count). The van der Waals surface area contributed by atoms with Gasteiger partial charge in [0.05, 0.1) is 17.6 Å². The number of piperidine rings is 1. The number of benzene rings is 1. The third-order valence-electron chi connectivity index (χ3n) is 7.75. The lowest BCUT2D eigenvalue weighted by Gasteiger charge is -2.33. The van der Waals surface area contributed by atoms with Crippen molar-refractivity contribution in [3.63, 3.8) is 0 Å². The summed E-state index contributed by atoms with van der Waals surface area (Å²) >= 11 is -1.15. The number of hydrogen-bond acceptors (Lipinski definition) is 9. The molecule has 10 heteroatoms. The van der Waals surface area contributed by atoms with Gasteiger partial charge in [-0.1, -0.05) is 25.0 Å². The Kier molecular flexibility index (Phi) is 8.79. The summed E-state index contributed by atoms with van der Waals surface area (Å²) in [7, 11) is 2.17. The summed E-state index contributed by atoms with van der Waals surface area (Å²) in [6.07, 6.45) is 8.00. The van der Waals surface area contributed by atoms with Crippen LogP contribution in [-0.2, 0) is 17.9 Å². The van der Waals surface area contributed by atoms with Gasteiger partial charge < -0.3 is 20.1 Å². The minimum absolute atomic E-state index is 0.214. The summed E-state index contributed by atoms with van der Waals surface area (Å²) < 4.78 is 15.3. The Hall–Kier alpha value is -2.42. The second-order valence-electron chi connectivity index (χ2n) is 10.5. The highest BCUT2D eigenvalue weighted by molar-refractivity contribution is 7.89. The van der Waals surface area contributed by atoms with Gasteiger partial charge in [-0.3, -0.25) is 4.90 Å². The topological polar surface area (TPSA) is 106 Å². The van der Waals surface area contributed by atoms with Crippen LogP contribution in [0.25, 0.3) is 0 Å². The number of likely N-dealkylation sites (N-methyl/N-ethyl adjacent to an activating group) is 1. The SMILES string of the molecule is CN1CCN(Cc2ccc([S+]([O-])N3CCC(Nc4ncc(C#N)c(NC5CCCC5)n4)CC3)cc2)CC1. The maximum Gasteiger partial charge on any atom is 0.224 e. The molecule has 3 aliphatic rings. The zero-order valence-corrected chi connectivity index (χ0v) is 22.6. The highest BCUT2D eigenvalue weighted by Crippen LogP contribution is 2.25. The maximum absolute atomic E-state index is 13.2. The smallest absolute Gasteiger partial charge is 0.224 e. The third-order valence-corrected chi connectivity index (χ3v) is 9.26. The van der Waals surface area contributed by atoms with Crippen molar-refractivity contribution in [2.75, 3.05) is 56.9 Å². The second-order valence-corrected chi connectivity index (χ2v) is 12.0. The van der Waals surface area contributed by atoms with Gasteiger partial charge in [0.15, 0.2) is 4.90 Å². The highest BCUT2D eigenvalue weighted by Gasteiger charge is 2.29. The molecule has 0 radical (unpaired) electrons. The molecule has 1 atom stereocenters. The van der Waals surface area contributed by atoms with Gasteiger partial charge in [-0.05, 0) is 50.4 Å². The lowest BCUT2D eigenvalue weighted by molar-refractivity contribution is 0.148. The van der Waals surface area contributed by atoms with E-state index < -0.39 is 11.4 Å². The molecule has 3 heterocycles. The number of rotatable bonds is 8. The van der Waals surface area contributed by atoms with Crippen molar-refractivity contribution in [1.82, 2.24) is 24.1 Å². The van der Waals surface area contributed by atoms with E-state index in [9.17, 15) is 9.81 Å². The van der Waals surface area contributed by atoms with Gasteiger partial charge in [0, 0.05) is 57.9 Å². The van der Waals surface area contributed by atoms with E-state index >= 15 is 0 Å². The minimum atomic E-state index is -1.15. The summed E-state index contributed by atoms with van der Waals surface area (Å²) in [4.78, 5) is 14.7. The van der Waals surface area contributed by atoms with Crippen molar-refractivity contribution >= 4 is 23.1 Å². The molecule has 1 unspecified atom stereocenters. The standard InChI is InChI=1S/C27H38N8OS/c1-33-14-16-34(17-15-33)20-21-6-8-25(9-7-21)37(36)35-12-10-24(11-13-35)31-27-29-19-22(18-28)26(32-27)30-23-4-2-3-5-23/h6-9,19,23-24H,2-5,10-17,20H2,1H3,(H2,29,30,31,32). The Morgan fingerprint density at radius 2 is 1.65 bits per heavy atom. The molecule has 1 saturated carbocycles. The number of hydrogen-bond donors (Lipinski definition) is 2. The minimum Gasteiger partial charge on any atom is -0.593 e. The van der Waals surface area contributed by atoms with Gasteiger partial charge in [-0.25, -0.2) is 4.98 Å². The average Bonchev–Trinajstić information content (AvgIpc) is 3.44. The number of piperazine rings is 1. The Balaban J connectivity index is 1.11. The van der Waals surface area contributed by atoms with Crippen LogP contribution in [0.2, 0.25) is 0 Å². The van der Waals surface area contributed by atoms with Crippen molar-refractivity contribution in [1.29, 1.82) is 5.26 Å². The average molecular weight is 523 g/mol. The Labute approximate surface area is 223 Å². The van der Waals surface area contributed by atoms with Gasteiger partial charge in [0.2, 0.25) is 5.95 Å². The van der Waals surface area contributed by atoms with E-state index in [2.05, 4.69) is 60.0 Å². The van der Waals surface area contributed by atoms with E-state index in [-0.39, 0.29) is 6.04 Å². The van der Waals surface area contributed by atoms with E-state index in [1.54, 1.807) is 6.20 Å². The number of nitrogens with one attached hydrogen (secondary N) is 2. The molecule has 1 aromatic carbocycles. The summed E-state index contributed by atoms with van der Waals surface area (Å²) in [5.74, 6) is 1.18. The molecule has 2 N–H and O–H groups in total. The van der Waals surface area contributed by atoms with Crippen molar-refractivity contribution in [2.45, 2.75) is 62.0 Å². The molecule has 2 aromatic rings. The van der Waals surface area contributed by atoms with Crippen LogP contribution in [0.15, 0.2) is 35.4 Å². The molecule has 3 fully saturated rings. The predicted octanol–water partition coefficient (Wildman–Crippen LogP) is 3.05. The van der Waals surface area contributed by atoms with Gasteiger partial charge in [-0.15, -0.1) is 4.31 Å². The molecule has 2 aliphatic heterocycles. The fourth-order valence-electron chi connectivity index (χ4n) is 5.38. The normalized spacial score (nSPS) is 21.5. The first-order valence-corrected chi connectivity index (χ1v) is 14.6. The zero-order chi connectivity index (χ0) is 25.6. The van der Waals surface area contributed by atoms with Gasteiger partial charge in [0.25, 0.3) is 0 Å². The van der Waals surface area contributed by atoms with Gasteiger partial charge in [0.1, 0.15) is 17.5 Å². The number of anilines is 2. The summed E-state index contributed by atoms with van der Waals surface area (Å²) in [5.41, 5.74) is 1.76. The molecule has 9 nitrogen and oxygen atoms in total. The number of nitriles is 1. The molecule has 0 bridgehead atoms. The number of aromatic nitrogens is 2. The Bertz CT molecular complexity index is 1060. The van der Waals surface area contributed by atoms with E-state index in [0.717, 1.165) is 76.4 Å². The zero-order valence-electron chi connectivity index (χ0n) is 21.7. The van der Waals surface area contributed by atoms with Crippen LogP contribution >= 0.6 is 0 Å². The molecule has 1 aromatic heterocycles. The van der Waals surface area contributed by atoms with E-state index in [4.69, 9.17) is 0 Å². The fourth-order valence-corrected chi connectivity index (χ4v) is 6.59. The summed E-state index contributed by atoms with van der Waals surface area (Å²) in [5, 5.41) is 16.3. The van der Waals surface area contributed by atoms with Crippen LogP contribution in [0, 0.1) is 11.3 Å². The van der Waals surface area contributed by atoms with E-state index in [0.29, 0.717) is 23.4 Å². The molecule has 198 valence electrons. The monoisotopic (exact) mass is 522 g/mol. The van der Waals surface area contributed by atoms with Crippen molar-refractivity contribution in [3.8, 4) is 6.07 Å². The molecule has 0 spiro atoms. The molecular weight excluding hydrogens is 484 g/mol.